The van der Waals surface area contributed by atoms with E-state index in [9.17, 15) is 4.79 Å². The second-order valence-electron chi connectivity index (χ2n) is 5.55. The van der Waals surface area contributed by atoms with Crippen molar-refractivity contribution in [2.45, 2.75) is 10.6 Å². The van der Waals surface area contributed by atoms with Gasteiger partial charge in [-0.05, 0) is 47.5 Å². The quantitative estimate of drug-likeness (QED) is 0.353. The van der Waals surface area contributed by atoms with Crippen LogP contribution in [0.15, 0.2) is 88.9 Å². The van der Waals surface area contributed by atoms with Gasteiger partial charge in [-0.25, -0.2) is 5.43 Å². The van der Waals surface area contributed by atoms with Gasteiger partial charge in [-0.15, -0.1) is 11.8 Å². The van der Waals surface area contributed by atoms with Gasteiger partial charge in [0.1, 0.15) is 0 Å². The molecule has 0 radical (unpaired) electrons. The molecule has 130 valence electrons. The molecule has 0 saturated carbocycles. The minimum atomic E-state index is -0.238. The van der Waals surface area contributed by atoms with Crippen molar-refractivity contribution in [2.75, 3.05) is 0 Å². The minimum Gasteiger partial charge on any atom is -0.267 e. The van der Waals surface area contributed by atoms with Gasteiger partial charge in [-0.2, -0.15) is 5.10 Å². The van der Waals surface area contributed by atoms with E-state index < -0.39 is 0 Å². The molecule has 5 heteroatoms. The molecule has 0 bridgehead atoms. The summed E-state index contributed by atoms with van der Waals surface area (Å²) in [4.78, 5) is 13.4. The van der Waals surface area contributed by atoms with E-state index in [2.05, 4.69) is 22.7 Å². The minimum absolute atomic E-state index is 0.238. The summed E-state index contributed by atoms with van der Waals surface area (Å²) in [7, 11) is 0. The summed E-state index contributed by atoms with van der Waals surface area (Å²) in [5.41, 5.74) is 5.14. The van der Waals surface area contributed by atoms with Crippen LogP contribution in [0.1, 0.15) is 21.5 Å². The molecule has 3 aromatic rings. The van der Waals surface area contributed by atoms with Gasteiger partial charge in [0.2, 0.25) is 0 Å². The summed E-state index contributed by atoms with van der Waals surface area (Å²) in [6, 6.07) is 25.0. The van der Waals surface area contributed by atoms with Crippen molar-refractivity contribution in [2.24, 2.45) is 5.10 Å². The van der Waals surface area contributed by atoms with Crippen LogP contribution in [0.3, 0.4) is 0 Å². The summed E-state index contributed by atoms with van der Waals surface area (Å²) in [6.07, 6.45) is 1.58. The number of nitrogens with one attached hydrogen (secondary N) is 1. The van der Waals surface area contributed by atoms with E-state index in [1.165, 1.54) is 10.5 Å². The number of carbonyl (C=O) groups excluding carboxylic acids is 1. The number of carbonyl (C=O) groups is 1. The predicted octanol–water partition coefficient (Wildman–Crippen LogP) is 5.40. The average Bonchev–Trinajstić information content (AvgIpc) is 2.69. The molecular formula is C21H17ClN2OS. The Kier molecular flexibility index (Phi) is 6.47. The second kappa shape index (κ2) is 9.22. The summed E-state index contributed by atoms with van der Waals surface area (Å²) < 4.78 is 0. The molecule has 1 N–H and O–H groups in total. The topological polar surface area (TPSA) is 41.5 Å². The van der Waals surface area contributed by atoms with Crippen LogP contribution in [-0.4, -0.2) is 12.1 Å². The van der Waals surface area contributed by atoms with Crippen LogP contribution in [0.4, 0.5) is 0 Å². The van der Waals surface area contributed by atoms with Crippen LogP contribution in [0, 0.1) is 0 Å². The lowest BCUT2D eigenvalue weighted by molar-refractivity contribution is 0.0955. The first-order valence-corrected chi connectivity index (χ1v) is 9.43. The van der Waals surface area contributed by atoms with E-state index in [0.29, 0.717) is 10.6 Å². The number of hydrazone groups is 1. The lowest BCUT2D eigenvalue weighted by Gasteiger charge is -2.04. The van der Waals surface area contributed by atoms with Crippen LogP contribution in [0.5, 0.6) is 0 Å². The molecule has 0 aliphatic rings. The van der Waals surface area contributed by atoms with Gasteiger partial charge < -0.3 is 0 Å². The Morgan fingerprint density at radius 3 is 2.35 bits per heavy atom. The Labute approximate surface area is 162 Å². The fourth-order valence-corrected chi connectivity index (χ4v) is 3.22. The number of hydrogen-bond donors (Lipinski definition) is 1. The number of rotatable bonds is 6. The zero-order valence-corrected chi connectivity index (χ0v) is 15.5. The standard InChI is InChI=1S/C21H17ClN2OS/c22-19-12-8-16(9-13-19)14-23-24-21(25)18-10-6-17(7-11-18)15-26-20-4-2-1-3-5-20/h1-14H,15H2,(H,24,25)/b23-14-. The molecule has 0 atom stereocenters. The Hall–Kier alpha value is -2.56. The molecule has 26 heavy (non-hydrogen) atoms. The maximum absolute atomic E-state index is 12.1. The largest absolute Gasteiger partial charge is 0.271 e. The molecule has 3 nitrogen and oxygen atoms in total. The molecule has 0 aliphatic heterocycles. The van der Waals surface area contributed by atoms with Crippen LogP contribution >= 0.6 is 23.4 Å². The molecular weight excluding hydrogens is 364 g/mol. The first kappa shape index (κ1) is 18.2. The lowest BCUT2D eigenvalue weighted by Crippen LogP contribution is -2.17. The first-order valence-electron chi connectivity index (χ1n) is 8.06. The van der Waals surface area contributed by atoms with Crippen LogP contribution in [0.2, 0.25) is 5.02 Å². The van der Waals surface area contributed by atoms with Crippen LogP contribution in [-0.2, 0) is 5.75 Å². The Bertz CT molecular complexity index is 878. The maximum atomic E-state index is 12.1. The summed E-state index contributed by atoms with van der Waals surface area (Å²) in [6.45, 7) is 0. The van der Waals surface area contributed by atoms with E-state index in [1.807, 2.05) is 54.6 Å². The predicted molar refractivity (Wildman–Crippen MR) is 109 cm³/mol. The Morgan fingerprint density at radius 1 is 0.962 bits per heavy atom. The molecule has 0 aromatic heterocycles. The van der Waals surface area contributed by atoms with Crippen LogP contribution < -0.4 is 5.43 Å². The third kappa shape index (κ3) is 5.48. The van der Waals surface area contributed by atoms with E-state index in [4.69, 9.17) is 11.6 Å². The highest BCUT2D eigenvalue weighted by molar-refractivity contribution is 7.98. The third-order valence-electron chi connectivity index (χ3n) is 3.61. The van der Waals surface area contributed by atoms with Crippen molar-refractivity contribution in [1.82, 2.24) is 5.43 Å². The molecule has 0 unspecified atom stereocenters. The van der Waals surface area contributed by atoms with Crippen molar-refractivity contribution in [3.63, 3.8) is 0 Å². The SMILES string of the molecule is O=C(N/N=C\c1ccc(Cl)cc1)c1ccc(CSc2ccccc2)cc1. The molecule has 0 saturated heterocycles. The fourth-order valence-electron chi connectivity index (χ4n) is 2.21. The Balaban J connectivity index is 1.52. The number of benzene rings is 3. The highest BCUT2D eigenvalue weighted by Crippen LogP contribution is 2.22. The van der Waals surface area contributed by atoms with E-state index in [0.717, 1.165) is 11.3 Å². The van der Waals surface area contributed by atoms with E-state index in [1.54, 1.807) is 30.1 Å². The maximum Gasteiger partial charge on any atom is 0.271 e. The van der Waals surface area contributed by atoms with Gasteiger partial charge in [0.15, 0.2) is 0 Å². The number of thioether (sulfide) groups is 1. The average molecular weight is 381 g/mol. The van der Waals surface area contributed by atoms with Gasteiger partial charge in [-0.3, -0.25) is 4.79 Å². The summed E-state index contributed by atoms with van der Waals surface area (Å²) >= 11 is 7.60. The van der Waals surface area contributed by atoms with Gasteiger partial charge in [0.25, 0.3) is 5.91 Å². The highest BCUT2D eigenvalue weighted by atomic mass is 35.5. The highest BCUT2D eigenvalue weighted by Gasteiger charge is 2.04. The first-order chi connectivity index (χ1) is 12.7. The zero-order chi connectivity index (χ0) is 18.2. The van der Waals surface area contributed by atoms with Gasteiger partial charge in [-0.1, -0.05) is 54.1 Å². The van der Waals surface area contributed by atoms with Gasteiger partial charge in [0.05, 0.1) is 6.21 Å². The van der Waals surface area contributed by atoms with Crippen molar-refractivity contribution in [3.8, 4) is 0 Å². The lowest BCUT2D eigenvalue weighted by atomic mass is 10.1. The zero-order valence-electron chi connectivity index (χ0n) is 13.9. The number of hydrogen-bond acceptors (Lipinski definition) is 3. The smallest absolute Gasteiger partial charge is 0.267 e. The Morgan fingerprint density at radius 2 is 1.65 bits per heavy atom. The van der Waals surface area contributed by atoms with Gasteiger partial charge in [0, 0.05) is 21.2 Å². The van der Waals surface area contributed by atoms with Crippen molar-refractivity contribution >= 4 is 35.5 Å². The van der Waals surface area contributed by atoms with E-state index >= 15 is 0 Å². The molecule has 0 fully saturated rings. The summed E-state index contributed by atoms with van der Waals surface area (Å²) in [5.74, 6) is 0.623. The van der Waals surface area contributed by atoms with Crippen molar-refractivity contribution in [1.29, 1.82) is 0 Å². The number of nitrogens with zero attached hydrogens (tertiary/aromatic N) is 1. The molecule has 0 heterocycles. The molecule has 3 rings (SSSR count). The molecule has 0 spiro atoms. The number of halogens is 1. The summed E-state index contributed by atoms with van der Waals surface area (Å²) in [5, 5.41) is 4.64. The number of amides is 1. The normalized spacial score (nSPS) is 10.8. The second-order valence-corrected chi connectivity index (χ2v) is 7.03. The van der Waals surface area contributed by atoms with Crippen molar-refractivity contribution < 1.29 is 4.79 Å². The third-order valence-corrected chi connectivity index (χ3v) is 4.95. The van der Waals surface area contributed by atoms with Gasteiger partial charge >= 0.3 is 0 Å². The molecule has 0 aliphatic carbocycles. The fraction of sp³-hybridized carbons (Fsp3) is 0.0476. The monoisotopic (exact) mass is 380 g/mol. The van der Waals surface area contributed by atoms with Crippen LogP contribution in [0.25, 0.3) is 0 Å². The molecule has 1 amide bonds. The van der Waals surface area contributed by atoms with Crippen molar-refractivity contribution in [3.05, 3.63) is 101 Å². The molecule has 3 aromatic carbocycles. The van der Waals surface area contributed by atoms with E-state index in [-0.39, 0.29) is 5.91 Å².